The third kappa shape index (κ3) is 4.66. The van der Waals surface area contributed by atoms with Gasteiger partial charge in [-0.1, -0.05) is 42.2 Å². The summed E-state index contributed by atoms with van der Waals surface area (Å²) < 4.78 is 5.44. The molecule has 3 rings (SSSR count). The van der Waals surface area contributed by atoms with Crippen molar-refractivity contribution in [2.45, 2.75) is 0 Å². The maximum absolute atomic E-state index is 12.6. The summed E-state index contributed by atoms with van der Waals surface area (Å²) >= 11 is 6.40. The molecule has 1 aliphatic heterocycles. The molecule has 1 fully saturated rings. The van der Waals surface area contributed by atoms with E-state index >= 15 is 0 Å². The summed E-state index contributed by atoms with van der Waals surface area (Å²) in [6, 6.07) is 13.5. The van der Waals surface area contributed by atoms with Crippen molar-refractivity contribution in [2.75, 3.05) is 19.0 Å². The van der Waals surface area contributed by atoms with E-state index in [9.17, 15) is 14.7 Å². The summed E-state index contributed by atoms with van der Waals surface area (Å²) in [5, 5.41) is 12.1. The van der Waals surface area contributed by atoms with Crippen molar-refractivity contribution in [2.24, 2.45) is 0 Å². The third-order valence-corrected chi connectivity index (χ3v) is 5.10. The van der Waals surface area contributed by atoms with Crippen LogP contribution in [0.2, 0.25) is 0 Å². The second-order valence-electron chi connectivity index (χ2n) is 5.64. The number of ether oxygens (including phenoxy) is 1. The number of thiocarbonyl (C=S) groups is 1. The number of benzene rings is 2. The van der Waals surface area contributed by atoms with Crippen molar-refractivity contribution in [3.63, 3.8) is 0 Å². The first-order chi connectivity index (χ1) is 13.0. The van der Waals surface area contributed by atoms with E-state index in [0.29, 0.717) is 14.9 Å². The Morgan fingerprint density at radius 1 is 1.30 bits per heavy atom. The number of carbonyl (C=O) groups excluding carboxylic acids is 2. The van der Waals surface area contributed by atoms with Crippen LogP contribution in [0.4, 0.5) is 5.69 Å². The molecule has 0 atom stereocenters. The van der Waals surface area contributed by atoms with Gasteiger partial charge >= 0.3 is 0 Å². The molecule has 0 spiro atoms. The van der Waals surface area contributed by atoms with Crippen LogP contribution in [0.1, 0.15) is 5.56 Å². The lowest BCUT2D eigenvalue weighted by atomic mass is 10.2. The first-order valence-corrected chi connectivity index (χ1v) is 9.17. The van der Waals surface area contributed by atoms with Gasteiger partial charge in [-0.15, -0.1) is 0 Å². The van der Waals surface area contributed by atoms with Crippen LogP contribution in [0.15, 0.2) is 53.4 Å². The van der Waals surface area contributed by atoms with Gasteiger partial charge in [-0.2, -0.15) is 0 Å². The van der Waals surface area contributed by atoms with Crippen LogP contribution in [0.5, 0.6) is 11.5 Å². The lowest BCUT2D eigenvalue weighted by Crippen LogP contribution is -2.36. The fourth-order valence-electron chi connectivity index (χ4n) is 2.42. The predicted octanol–water partition coefficient (Wildman–Crippen LogP) is 3.24. The van der Waals surface area contributed by atoms with Crippen molar-refractivity contribution in [1.82, 2.24) is 4.90 Å². The van der Waals surface area contributed by atoms with Crippen LogP contribution < -0.4 is 10.1 Å². The lowest BCUT2D eigenvalue weighted by Gasteiger charge is -2.14. The van der Waals surface area contributed by atoms with Crippen molar-refractivity contribution in [1.29, 1.82) is 0 Å². The van der Waals surface area contributed by atoms with Crippen LogP contribution in [-0.2, 0) is 9.59 Å². The minimum Gasteiger partial charge on any atom is -0.508 e. The molecular formula is C19H16N2O4S2. The molecule has 8 heteroatoms. The lowest BCUT2D eigenvalue weighted by molar-refractivity contribution is -0.126. The van der Waals surface area contributed by atoms with Crippen molar-refractivity contribution < 1.29 is 19.4 Å². The van der Waals surface area contributed by atoms with Crippen LogP contribution in [-0.4, -0.2) is 39.8 Å². The monoisotopic (exact) mass is 400 g/mol. The smallest absolute Gasteiger partial charge is 0.266 e. The molecular weight excluding hydrogens is 384 g/mol. The highest BCUT2D eigenvalue weighted by molar-refractivity contribution is 8.26. The molecule has 0 aliphatic carbocycles. The molecule has 2 aromatic carbocycles. The van der Waals surface area contributed by atoms with E-state index in [2.05, 4.69) is 5.32 Å². The van der Waals surface area contributed by atoms with E-state index in [1.807, 2.05) is 12.1 Å². The van der Waals surface area contributed by atoms with Crippen molar-refractivity contribution in [3.8, 4) is 11.5 Å². The molecule has 0 radical (unpaired) electrons. The number of rotatable bonds is 5. The first kappa shape index (κ1) is 18.9. The van der Waals surface area contributed by atoms with E-state index in [1.54, 1.807) is 37.5 Å². The topological polar surface area (TPSA) is 78.9 Å². The number of amides is 2. The van der Waals surface area contributed by atoms with Crippen LogP contribution in [0, 0.1) is 0 Å². The van der Waals surface area contributed by atoms with E-state index in [4.69, 9.17) is 17.0 Å². The van der Waals surface area contributed by atoms with E-state index < -0.39 is 5.91 Å². The number of nitrogens with one attached hydrogen (secondary N) is 1. The number of phenols is 1. The van der Waals surface area contributed by atoms with Gasteiger partial charge in [0.05, 0.1) is 12.0 Å². The molecule has 2 amide bonds. The van der Waals surface area contributed by atoms with Crippen molar-refractivity contribution >= 4 is 51.9 Å². The highest BCUT2D eigenvalue weighted by atomic mass is 32.2. The molecule has 2 aromatic rings. The fourth-order valence-corrected chi connectivity index (χ4v) is 3.67. The second kappa shape index (κ2) is 8.24. The molecule has 0 unspecified atom stereocenters. The average Bonchev–Trinajstić information content (AvgIpc) is 2.90. The largest absolute Gasteiger partial charge is 0.508 e. The number of carbonyl (C=O) groups is 2. The normalized spacial score (nSPS) is 15.3. The zero-order valence-corrected chi connectivity index (χ0v) is 16.0. The molecule has 1 aliphatic rings. The Labute approximate surface area is 165 Å². The van der Waals surface area contributed by atoms with Gasteiger partial charge in [0.1, 0.15) is 22.4 Å². The first-order valence-electron chi connectivity index (χ1n) is 7.94. The van der Waals surface area contributed by atoms with Gasteiger partial charge in [0.25, 0.3) is 5.91 Å². The maximum Gasteiger partial charge on any atom is 0.266 e. The zero-order chi connectivity index (χ0) is 19.4. The molecule has 1 heterocycles. The minimum absolute atomic E-state index is 0.0424. The minimum atomic E-state index is -0.400. The molecule has 27 heavy (non-hydrogen) atoms. The summed E-state index contributed by atoms with van der Waals surface area (Å²) in [6.45, 7) is -0.194. The Balaban J connectivity index is 1.68. The van der Waals surface area contributed by atoms with Gasteiger partial charge in [0, 0.05) is 11.8 Å². The Bertz CT molecular complexity index is 926. The average molecular weight is 400 g/mol. The van der Waals surface area contributed by atoms with Crippen molar-refractivity contribution in [3.05, 3.63) is 59.0 Å². The molecule has 2 N–H and O–H groups in total. The predicted molar refractivity (Wildman–Crippen MR) is 110 cm³/mol. The highest BCUT2D eigenvalue weighted by Gasteiger charge is 2.33. The standard InChI is InChI=1S/C19H16N2O4S2/c1-25-15-7-5-12(6-8-15)9-16-18(24)21(19(26)27-16)11-17(23)20-13-3-2-4-14(22)10-13/h2-10,22H,11H2,1H3,(H,20,23). The number of hydrogen-bond donors (Lipinski definition) is 2. The Morgan fingerprint density at radius 2 is 2.04 bits per heavy atom. The van der Waals surface area contributed by atoms with Crippen LogP contribution >= 0.6 is 24.0 Å². The molecule has 0 bridgehead atoms. The summed E-state index contributed by atoms with van der Waals surface area (Å²) in [6.07, 6.45) is 1.73. The number of nitrogens with zero attached hydrogens (tertiary/aromatic N) is 1. The van der Waals surface area contributed by atoms with Crippen LogP contribution in [0.3, 0.4) is 0 Å². The molecule has 6 nitrogen and oxygen atoms in total. The van der Waals surface area contributed by atoms with Gasteiger partial charge in [0.2, 0.25) is 5.91 Å². The number of phenolic OH excluding ortho intramolecular Hbond substituents is 1. The van der Waals surface area contributed by atoms with Gasteiger partial charge in [-0.3, -0.25) is 14.5 Å². The van der Waals surface area contributed by atoms with Gasteiger partial charge in [-0.25, -0.2) is 0 Å². The van der Waals surface area contributed by atoms with Gasteiger partial charge in [0.15, 0.2) is 0 Å². The number of methoxy groups -OCH3 is 1. The Hall–Kier alpha value is -2.84. The number of thioether (sulfide) groups is 1. The number of anilines is 1. The molecule has 1 saturated heterocycles. The number of aromatic hydroxyl groups is 1. The Kier molecular flexibility index (Phi) is 5.78. The quantitative estimate of drug-likeness (QED) is 0.593. The van der Waals surface area contributed by atoms with E-state index in [0.717, 1.165) is 23.1 Å². The summed E-state index contributed by atoms with van der Waals surface area (Å²) in [7, 11) is 1.59. The van der Waals surface area contributed by atoms with Gasteiger partial charge in [-0.05, 0) is 35.9 Å². The van der Waals surface area contributed by atoms with E-state index in [1.165, 1.54) is 17.0 Å². The van der Waals surface area contributed by atoms with Gasteiger partial charge < -0.3 is 15.2 Å². The van der Waals surface area contributed by atoms with E-state index in [-0.39, 0.29) is 18.2 Å². The Morgan fingerprint density at radius 3 is 2.70 bits per heavy atom. The summed E-state index contributed by atoms with van der Waals surface area (Å²) in [4.78, 5) is 26.5. The third-order valence-electron chi connectivity index (χ3n) is 3.72. The SMILES string of the molecule is COc1ccc(C=C2SC(=S)N(CC(=O)Nc3cccc(O)c3)C2=O)cc1. The zero-order valence-electron chi connectivity index (χ0n) is 14.3. The molecule has 0 aromatic heterocycles. The second-order valence-corrected chi connectivity index (χ2v) is 7.32. The summed E-state index contributed by atoms with van der Waals surface area (Å²) in [5.74, 6) is 0.0543. The maximum atomic E-state index is 12.6. The number of hydrogen-bond acceptors (Lipinski definition) is 6. The fraction of sp³-hybridized carbons (Fsp3) is 0.105. The van der Waals surface area contributed by atoms with Crippen LogP contribution in [0.25, 0.3) is 6.08 Å². The highest BCUT2D eigenvalue weighted by Crippen LogP contribution is 2.32. The summed E-state index contributed by atoms with van der Waals surface area (Å²) in [5.41, 5.74) is 1.28. The molecule has 138 valence electrons. The molecule has 0 saturated carbocycles.